The second-order valence-electron chi connectivity index (χ2n) is 3.87. The predicted octanol–water partition coefficient (Wildman–Crippen LogP) is 2.52. The van der Waals surface area contributed by atoms with Crippen LogP contribution in [0.15, 0.2) is 10.5 Å². The highest BCUT2D eigenvalue weighted by atomic mass is 32.2. The van der Waals surface area contributed by atoms with Gasteiger partial charge in [0, 0.05) is 12.1 Å². The van der Waals surface area contributed by atoms with Crippen molar-refractivity contribution in [2.24, 2.45) is 0 Å². The molecule has 0 aliphatic rings. The molecule has 17 heavy (non-hydrogen) atoms. The van der Waals surface area contributed by atoms with E-state index in [1.807, 2.05) is 11.8 Å². The summed E-state index contributed by atoms with van der Waals surface area (Å²) in [5, 5.41) is 12.1. The van der Waals surface area contributed by atoms with Crippen LogP contribution in [0.3, 0.4) is 0 Å². The Morgan fingerprint density at radius 3 is 2.88 bits per heavy atom. The van der Waals surface area contributed by atoms with E-state index in [1.165, 1.54) is 12.2 Å². The molecule has 0 saturated heterocycles. The molecule has 5 heteroatoms. The molecule has 4 nitrogen and oxygen atoms in total. The zero-order chi connectivity index (χ0) is 12.7. The largest absolute Gasteiger partial charge is 0.475 e. The van der Waals surface area contributed by atoms with Gasteiger partial charge >= 0.3 is 5.97 Å². The van der Waals surface area contributed by atoms with E-state index in [-0.39, 0.29) is 5.76 Å². The Kier molecular flexibility index (Phi) is 6.15. The fraction of sp³-hybridized carbons (Fsp3) is 0.583. The molecule has 1 rings (SSSR count). The van der Waals surface area contributed by atoms with Gasteiger partial charge in [-0.25, -0.2) is 4.79 Å². The quantitative estimate of drug-likeness (QED) is 0.701. The van der Waals surface area contributed by atoms with E-state index in [2.05, 4.69) is 11.6 Å². The summed E-state index contributed by atoms with van der Waals surface area (Å²) in [6, 6.07) is 1.59. The Bertz CT molecular complexity index is 363. The third kappa shape index (κ3) is 4.83. The molecule has 1 aromatic rings. The van der Waals surface area contributed by atoms with Gasteiger partial charge in [-0.1, -0.05) is 0 Å². The Morgan fingerprint density at radius 2 is 2.29 bits per heavy atom. The van der Waals surface area contributed by atoms with Crippen LogP contribution in [-0.4, -0.2) is 29.6 Å². The highest BCUT2D eigenvalue weighted by Crippen LogP contribution is 2.14. The smallest absolute Gasteiger partial charge is 0.371 e. The number of aromatic carboxylic acids is 1. The second kappa shape index (κ2) is 7.40. The zero-order valence-electron chi connectivity index (χ0n) is 10.3. The molecule has 0 saturated carbocycles. The lowest BCUT2D eigenvalue weighted by molar-refractivity contribution is 0.0661. The van der Waals surface area contributed by atoms with Crippen LogP contribution in [-0.2, 0) is 6.54 Å². The summed E-state index contributed by atoms with van der Waals surface area (Å²) in [5.41, 5.74) is 0.923. The molecular weight excluding hydrogens is 238 g/mol. The van der Waals surface area contributed by atoms with Gasteiger partial charge in [0.25, 0.3) is 0 Å². The van der Waals surface area contributed by atoms with Gasteiger partial charge in [0.05, 0.1) is 0 Å². The first-order chi connectivity index (χ1) is 8.15. The van der Waals surface area contributed by atoms with Crippen molar-refractivity contribution in [1.29, 1.82) is 0 Å². The summed E-state index contributed by atoms with van der Waals surface area (Å²) in [6.45, 7) is 3.41. The lowest BCUT2D eigenvalue weighted by Crippen LogP contribution is -2.14. The number of aryl methyl sites for hydroxylation is 1. The highest BCUT2D eigenvalue weighted by Gasteiger charge is 2.12. The van der Waals surface area contributed by atoms with Gasteiger partial charge in [-0.3, -0.25) is 0 Å². The molecule has 0 amide bonds. The van der Waals surface area contributed by atoms with Crippen molar-refractivity contribution in [2.75, 3.05) is 18.6 Å². The van der Waals surface area contributed by atoms with Gasteiger partial charge in [-0.2, -0.15) is 11.8 Å². The standard InChI is InChI=1S/C12H19NO3S/c1-9-10(7-11(16-9)12(14)15)8-13-5-3-4-6-17-2/h7,13H,3-6,8H2,1-2H3,(H,14,15). The maximum Gasteiger partial charge on any atom is 0.371 e. The highest BCUT2D eigenvalue weighted by molar-refractivity contribution is 7.98. The van der Waals surface area contributed by atoms with Crippen molar-refractivity contribution in [2.45, 2.75) is 26.3 Å². The van der Waals surface area contributed by atoms with Crippen molar-refractivity contribution < 1.29 is 14.3 Å². The van der Waals surface area contributed by atoms with Crippen LogP contribution in [0.1, 0.15) is 34.7 Å². The summed E-state index contributed by atoms with van der Waals surface area (Å²) in [6.07, 6.45) is 4.46. The van der Waals surface area contributed by atoms with E-state index in [0.717, 1.165) is 18.5 Å². The van der Waals surface area contributed by atoms with Crippen LogP contribution in [0.2, 0.25) is 0 Å². The minimum atomic E-state index is -1.01. The number of hydrogen-bond donors (Lipinski definition) is 2. The van der Waals surface area contributed by atoms with Gasteiger partial charge in [0.1, 0.15) is 5.76 Å². The number of unbranched alkanes of at least 4 members (excludes halogenated alkanes) is 1. The maximum absolute atomic E-state index is 10.7. The Hall–Kier alpha value is -0.940. The second-order valence-corrected chi connectivity index (χ2v) is 4.86. The zero-order valence-corrected chi connectivity index (χ0v) is 11.1. The summed E-state index contributed by atoms with van der Waals surface area (Å²) in [5.74, 6) is 0.871. The fourth-order valence-electron chi connectivity index (χ4n) is 1.52. The molecule has 0 atom stereocenters. The third-order valence-corrected chi connectivity index (χ3v) is 3.20. The monoisotopic (exact) mass is 257 g/mol. The van der Waals surface area contributed by atoms with Gasteiger partial charge in [0.2, 0.25) is 5.76 Å². The van der Waals surface area contributed by atoms with Gasteiger partial charge < -0.3 is 14.8 Å². The van der Waals surface area contributed by atoms with E-state index >= 15 is 0 Å². The van der Waals surface area contributed by atoms with Crippen LogP contribution in [0, 0.1) is 6.92 Å². The van der Waals surface area contributed by atoms with Gasteiger partial charge in [-0.05, 0) is 44.4 Å². The number of rotatable bonds is 8. The van der Waals surface area contributed by atoms with Crippen molar-refractivity contribution in [3.8, 4) is 0 Å². The van der Waals surface area contributed by atoms with Crippen LogP contribution < -0.4 is 5.32 Å². The van der Waals surface area contributed by atoms with Crippen molar-refractivity contribution in [3.05, 3.63) is 23.2 Å². The molecule has 0 radical (unpaired) electrons. The van der Waals surface area contributed by atoms with Crippen molar-refractivity contribution in [3.63, 3.8) is 0 Å². The summed E-state index contributed by atoms with van der Waals surface area (Å²) < 4.78 is 5.13. The molecule has 0 aliphatic carbocycles. The molecule has 0 fully saturated rings. The lowest BCUT2D eigenvalue weighted by atomic mass is 10.2. The first-order valence-corrected chi connectivity index (χ1v) is 7.06. The minimum Gasteiger partial charge on any atom is -0.475 e. The molecule has 0 spiro atoms. The average Bonchev–Trinajstić information content (AvgIpc) is 2.65. The number of thioether (sulfide) groups is 1. The topological polar surface area (TPSA) is 62.5 Å². The van der Waals surface area contributed by atoms with E-state index in [4.69, 9.17) is 9.52 Å². The predicted molar refractivity (Wildman–Crippen MR) is 69.7 cm³/mol. The molecule has 0 bridgehead atoms. The average molecular weight is 257 g/mol. The van der Waals surface area contributed by atoms with E-state index in [9.17, 15) is 4.79 Å². The molecule has 0 aromatic carbocycles. The number of carbonyl (C=O) groups is 1. The molecule has 0 unspecified atom stereocenters. The van der Waals surface area contributed by atoms with Crippen LogP contribution in [0.5, 0.6) is 0 Å². The Morgan fingerprint density at radius 1 is 1.53 bits per heavy atom. The number of hydrogen-bond acceptors (Lipinski definition) is 4. The Balaban J connectivity index is 2.29. The van der Waals surface area contributed by atoms with Crippen molar-refractivity contribution >= 4 is 17.7 Å². The molecule has 96 valence electrons. The van der Waals surface area contributed by atoms with Crippen molar-refractivity contribution in [1.82, 2.24) is 5.32 Å². The van der Waals surface area contributed by atoms with Gasteiger partial charge in [0.15, 0.2) is 0 Å². The first-order valence-electron chi connectivity index (χ1n) is 5.67. The van der Waals surface area contributed by atoms with E-state index in [0.29, 0.717) is 12.3 Å². The molecular formula is C12H19NO3S. The molecule has 1 heterocycles. The SMILES string of the molecule is CSCCCCNCc1cc(C(=O)O)oc1C. The Labute approximate surface area is 106 Å². The molecule has 0 aliphatic heterocycles. The fourth-order valence-corrected chi connectivity index (χ4v) is 2.01. The van der Waals surface area contributed by atoms with E-state index < -0.39 is 5.97 Å². The van der Waals surface area contributed by atoms with E-state index in [1.54, 1.807) is 13.0 Å². The maximum atomic E-state index is 10.7. The van der Waals surface area contributed by atoms with Crippen LogP contribution >= 0.6 is 11.8 Å². The normalized spacial score (nSPS) is 10.7. The number of nitrogens with one attached hydrogen (secondary N) is 1. The first kappa shape index (κ1) is 14.1. The van der Waals surface area contributed by atoms with Crippen LogP contribution in [0.4, 0.5) is 0 Å². The molecule has 1 aromatic heterocycles. The van der Waals surface area contributed by atoms with Crippen LogP contribution in [0.25, 0.3) is 0 Å². The summed E-state index contributed by atoms with van der Waals surface area (Å²) >= 11 is 1.86. The summed E-state index contributed by atoms with van der Waals surface area (Å²) in [4.78, 5) is 10.7. The number of carboxylic acids is 1. The number of furan rings is 1. The van der Waals surface area contributed by atoms with Gasteiger partial charge in [-0.15, -0.1) is 0 Å². The minimum absolute atomic E-state index is 0.0154. The third-order valence-electron chi connectivity index (χ3n) is 2.50. The molecule has 2 N–H and O–H groups in total. The summed E-state index contributed by atoms with van der Waals surface area (Å²) in [7, 11) is 0. The lowest BCUT2D eigenvalue weighted by Gasteiger charge is -2.02. The number of carboxylic acid groups (broad SMARTS) is 1.